The Hall–Kier alpha value is -2.14. The molecule has 0 radical (unpaired) electrons. The number of hydrogen-bond acceptors (Lipinski definition) is 7. The number of anilines is 1. The minimum Gasteiger partial charge on any atom is -0.299 e. The highest BCUT2D eigenvalue weighted by Crippen LogP contribution is 2.11. The van der Waals surface area contributed by atoms with Crippen molar-refractivity contribution < 1.29 is 9.72 Å². The van der Waals surface area contributed by atoms with Crippen LogP contribution in [0.1, 0.15) is 0 Å². The summed E-state index contributed by atoms with van der Waals surface area (Å²) >= 11 is 5.92. The van der Waals surface area contributed by atoms with Crippen LogP contribution in [0, 0.1) is 14.1 Å². The van der Waals surface area contributed by atoms with Crippen molar-refractivity contribution in [3.8, 4) is 0 Å². The maximum absolute atomic E-state index is 11.5. The summed E-state index contributed by atoms with van der Waals surface area (Å²) in [4.78, 5) is 21.4. The lowest BCUT2D eigenvalue weighted by molar-refractivity contribution is -0.385. The van der Waals surface area contributed by atoms with Crippen LogP contribution in [0.5, 0.6) is 0 Å². The maximum atomic E-state index is 11.5. The van der Waals surface area contributed by atoms with Crippen molar-refractivity contribution >= 4 is 40.3 Å². The maximum Gasteiger partial charge on any atom is 0.307 e. The number of nitro groups is 1. The van der Waals surface area contributed by atoms with Gasteiger partial charge in [-0.3, -0.25) is 30.0 Å². The molecule has 2 aromatic heterocycles. The SMILES string of the molecule is O=C(Cn1cc([N+](=O)[O-])cn1)Nc1n[nH]c(=S)s1. The molecule has 0 fully saturated rings. The van der Waals surface area contributed by atoms with Gasteiger partial charge in [0.1, 0.15) is 18.9 Å². The van der Waals surface area contributed by atoms with Crippen molar-refractivity contribution in [3.63, 3.8) is 0 Å². The standard InChI is InChI=1S/C7H6N6O3S2/c14-5(9-6-10-11-7(17)18-6)3-12-2-4(1-8-12)13(15)16/h1-2H,3H2,(H,11,17)(H,9,10,14). The highest BCUT2D eigenvalue weighted by Gasteiger charge is 2.11. The lowest BCUT2D eigenvalue weighted by atomic mass is 10.5. The van der Waals surface area contributed by atoms with Crippen LogP contribution in [0.4, 0.5) is 10.8 Å². The Labute approximate surface area is 109 Å². The number of nitrogens with one attached hydrogen (secondary N) is 2. The predicted molar refractivity (Wildman–Crippen MR) is 64.8 cm³/mol. The average Bonchev–Trinajstić information content (AvgIpc) is 2.88. The smallest absolute Gasteiger partial charge is 0.299 e. The molecular formula is C7H6N6O3S2. The molecule has 0 saturated heterocycles. The molecule has 0 aliphatic carbocycles. The monoisotopic (exact) mass is 286 g/mol. The van der Waals surface area contributed by atoms with E-state index in [0.717, 1.165) is 17.5 Å². The summed E-state index contributed by atoms with van der Waals surface area (Å²) in [6, 6.07) is 0. The van der Waals surface area contributed by atoms with Crippen molar-refractivity contribution in [2.24, 2.45) is 0 Å². The molecule has 0 aliphatic rings. The summed E-state index contributed by atoms with van der Waals surface area (Å²) in [5, 5.41) is 23.2. The Morgan fingerprint density at radius 1 is 1.72 bits per heavy atom. The molecule has 11 heteroatoms. The molecule has 94 valence electrons. The van der Waals surface area contributed by atoms with Crippen molar-refractivity contribution in [1.82, 2.24) is 20.0 Å². The van der Waals surface area contributed by atoms with E-state index in [1.54, 1.807) is 0 Å². The Kier molecular flexibility index (Phi) is 3.43. The largest absolute Gasteiger partial charge is 0.307 e. The van der Waals surface area contributed by atoms with Gasteiger partial charge >= 0.3 is 5.69 Å². The van der Waals surface area contributed by atoms with Gasteiger partial charge < -0.3 is 0 Å². The van der Waals surface area contributed by atoms with Gasteiger partial charge in [-0.1, -0.05) is 11.3 Å². The molecule has 2 heterocycles. The molecule has 9 nitrogen and oxygen atoms in total. The first kappa shape index (κ1) is 12.3. The van der Waals surface area contributed by atoms with Gasteiger partial charge in [-0.2, -0.15) is 5.10 Å². The topological polar surface area (TPSA) is 119 Å². The van der Waals surface area contributed by atoms with E-state index in [1.807, 2.05) is 0 Å². The molecule has 0 unspecified atom stereocenters. The minimum absolute atomic E-state index is 0.139. The Balaban J connectivity index is 1.98. The molecule has 0 spiro atoms. The van der Waals surface area contributed by atoms with E-state index in [4.69, 9.17) is 12.2 Å². The second-order valence-electron chi connectivity index (χ2n) is 3.12. The van der Waals surface area contributed by atoms with Gasteiger partial charge in [0.2, 0.25) is 11.0 Å². The number of aromatic amines is 1. The fourth-order valence-corrected chi connectivity index (χ4v) is 1.93. The van der Waals surface area contributed by atoms with Crippen LogP contribution < -0.4 is 5.32 Å². The number of carbonyl (C=O) groups excluding carboxylic acids is 1. The molecule has 0 aromatic carbocycles. The lowest BCUT2D eigenvalue weighted by Crippen LogP contribution is -2.18. The van der Waals surface area contributed by atoms with Gasteiger partial charge in [0.15, 0.2) is 3.95 Å². The number of aromatic nitrogens is 4. The summed E-state index contributed by atoms with van der Waals surface area (Å²) in [5.74, 6) is -0.397. The first-order valence-electron chi connectivity index (χ1n) is 4.57. The number of carbonyl (C=O) groups is 1. The van der Waals surface area contributed by atoms with E-state index in [-0.39, 0.29) is 12.2 Å². The highest BCUT2D eigenvalue weighted by atomic mass is 32.1. The highest BCUT2D eigenvalue weighted by molar-refractivity contribution is 7.73. The van der Waals surface area contributed by atoms with Crippen LogP contribution in [0.2, 0.25) is 0 Å². The fraction of sp³-hybridized carbons (Fsp3) is 0.143. The first-order valence-corrected chi connectivity index (χ1v) is 5.79. The quantitative estimate of drug-likeness (QED) is 0.490. The lowest BCUT2D eigenvalue weighted by Gasteiger charge is -2.00. The van der Waals surface area contributed by atoms with Crippen LogP contribution >= 0.6 is 23.6 Å². The fourth-order valence-electron chi connectivity index (χ4n) is 1.12. The van der Waals surface area contributed by atoms with E-state index < -0.39 is 10.8 Å². The van der Waals surface area contributed by atoms with Gasteiger partial charge in [0, 0.05) is 0 Å². The van der Waals surface area contributed by atoms with Gasteiger partial charge in [-0.25, -0.2) is 0 Å². The van der Waals surface area contributed by atoms with Gasteiger partial charge in [-0.05, 0) is 12.2 Å². The van der Waals surface area contributed by atoms with E-state index in [2.05, 4.69) is 20.6 Å². The molecule has 0 atom stereocenters. The zero-order chi connectivity index (χ0) is 13.1. The summed E-state index contributed by atoms with van der Waals surface area (Å²) in [5.41, 5.74) is -0.168. The summed E-state index contributed by atoms with van der Waals surface area (Å²) in [6.45, 7) is -0.139. The molecular weight excluding hydrogens is 280 g/mol. The number of hydrogen-bond donors (Lipinski definition) is 2. The third kappa shape index (κ3) is 2.95. The number of rotatable bonds is 4. The van der Waals surface area contributed by atoms with Crippen molar-refractivity contribution in [1.29, 1.82) is 0 Å². The average molecular weight is 286 g/mol. The summed E-state index contributed by atoms with van der Waals surface area (Å²) < 4.78 is 1.61. The van der Waals surface area contributed by atoms with Gasteiger partial charge in [0.05, 0.1) is 4.92 Å². The summed E-state index contributed by atoms with van der Waals surface area (Å²) in [7, 11) is 0. The van der Waals surface area contributed by atoms with Crippen molar-refractivity contribution in [3.05, 3.63) is 26.5 Å². The molecule has 0 aliphatic heterocycles. The molecule has 0 bridgehead atoms. The van der Waals surface area contributed by atoms with Crippen LogP contribution in [0.3, 0.4) is 0 Å². The van der Waals surface area contributed by atoms with Crippen molar-refractivity contribution in [2.45, 2.75) is 6.54 Å². The van der Waals surface area contributed by atoms with E-state index >= 15 is 0 Å². The molecule has 18 heavy (non-hydrogen) atoms. The molecule has 1 amide bonds. The second kappa shape index (κ2) is 5.01. The Morgan fingerprint density at radius 2 is 2.50 bits per heavy atom. The molecule has 2 N–H and O–H groups in total. The molecule has 2 aromatic rings. The Bertz CT molecular complexity index is 643. The van der Waals surface area contributed by atoms with Crippen LogP contribution in [0.15, 0.2) is 12.4 Å². The van der Waals surface area contributed by atoms with Gasteiger partial charge in [0.25, 0.3) is 0 Å². The normalized spacial score (nSPS) is 10.2. The molecule has 0 saturated carbocycles. The van der Waals surface area contributed by atoms with E-state index in [9.17, 15) is 14.9 Å². The number of nitrogens with zero attached hydrogens (tertiary/aromatic N) is 4. The van der Waals surface area contributed by atoms with Crippen LogP contribution in [0.25, 0.3) is 0 Å². The predicted octanol–water partition coefficient (Wildman–Crippen LogP) is 0.944. The van der Waals surface area contributed by atoms with E-state index in [1.165, 1.54) is 10.9 Å². The zero-order valence-electron chi connectivity index (χ0n) is 8.69. The second-order valence-corrected chi connectivity index (χ2v) is 4.79. The summed E-state index contributed by atoms with van der Waals surface area (Å²) in [6.07, 6.45) is 2.25. The molecule has 2 rings (SSSR count). The third-order valence-electron chi connectivity index (χ3n) is 1.82. The van der Waals surface area contributed by atoms with Crippen molar-refractivity contribution in [2.75, 3.05) is 5.32 Å². The zero-order valence-corrected chi connectivity index (χ0v) is 10.3. The third-order valence-corrected chi connectivity index (χ3v) is 2.83. The van der Waals surface area contributed by atoms with Gasteiger partial charge in [-0.15, -0.1) is 5.10 Å². The Morgan fingerprint density at radius 3 is 3.06 bits per heavy atom. The minimum atomic E-state index is -0.583. The van der Waals surface area contributed by atoms with Crippen LogP contribution in [-0.4, -0.2) is 30.8 Å². The first-order chi connectivity index (χ1) is 8.54. The van der Waals surface area contributed by atoms with E-state index in [0.29, 0.717) is 9.09 Å². The number of H-pyrrole nitrogens is 1. The number of amides is 1. The van der Waals surface area contributed by atoms with Crippen LogP contribution in [-0.2, 0) is 11.3 Å².